The lowest BCUT2D eigenvalue weighted by Gasteiger charge is -2.28. The summed E-state index contributed by atoms with van der Waals surface area (Å²) in [6.45, 7) is 5.10. The summed E-state index contributed by atoms with van der Waals surface area (Å²) < 4.78 is 11.6. The maximum atomic E-state index is 12.9. The molecule has 1 atom stereocenters. The third-order valence-electron chi connectivity index (χ3n) is 5.85. The highest BCUT2D eigenvalue weighted by Gasteiger charge is 2.22. The zero-order chi connectivity index (χ0) is 24.0. The van der Waals surface area contributed by atoms with Gasteiger partial charge in [-0.05, 0) is 31.2 Å². The first-order chi connectivity index (χ1) is 17.2. The van der Waals surface area contributed by atoms with Gasteiger partial charge in [0.15, 0.2) is 5.76 Å². The van der Waals surface area contributed by atoms with Crippen LogP contribution >= 0.6 is 11.8 Å². The molecule has 1 amide bonds. The number of amides is 1. The first kappa shape index (κ1) is 23.2. The summed E-state index contributed by atoms with van der Waals surface area (Å²) in [6.07, 6.45) is 0. The zero-order valence-electron chi connectivity index (χ0n) is 19.5. The van der Waals surface area contributed by atoms with Gasteiger partial charge in [-0.25, -0.2) is 4.98 Å². The van der Waals surface area contributed by atoms with Gasteiger partial charge in [-0.15, -0.1) is 0 Å². The fourth-order valence-electron chi connectivity index (χ4n) is 3.95. The molecule has 35 heavy (non-hydrogen) atoms. The number of thioether (sulfide) groups is 1. The number of carbonyl (C=O) groups excluding carboxylic acids is 1. The number of nitrogens with zero attached hydrogens (tertiary/aromatic N) is 2. The van der Waals surface area contributed by atoms with Crippen molar-refractivity contribution in [2.24, 2.45) is 0 Å². The maximum absolute atomic E-state index is 12.9. The predicted molar refractivity (Wildman–Crippen MR) is 141 cm³/mol. The smallest absolute Gasteiger partial charge is 0.257 e. The van der Waals surface area contributed by atoms with Crippen molar-refractivity contribution in [3.63, 3.8) is 0 Å². The van der Waals surface area contributed by atoms with Gasteiger partial charge in [0.1, 0.15) is 5.69 Å². The Bertz CT molecular complexity index is 1200. The number of ether oxygens (including phenoxy) is 1. The van der Waals surface area contributed by atoms with Gasteiger partial charge in [0, 0.05) is 35.6 Å². The van der Waals surface area contributed by atoms with Gasteiger partial charge >= 0.3 is 0 Å². The Morgan fingerprint density at radius 1 is 0.914 bits per heavy atom. The third-order valence-corrected chi connectivity index (χ3v) is 6.79. The number of hydrogen-bond donors (Lipinski definition) is 1. The van der Waals surface area contributed by atoms with Crippen molar-refractivity contribution in [2.45, 2.75) is 17.4 Å². The standard InChI is InChI=1S/C28H27N3O3S/c1-20(27(32)29-23-12-14-24(15-13-23)31-16-18-33-19-17-31)35-28-30-25(21-8-4-2-5-9-21)26(34-28)22-10-6-3-7-11-22/h2-15,20H,16-19H2,1H3,(H,29,32)/t20-/m1/s1. The van der Waals surface area contributed by atoms with E-state index in [1.807, 2.05) is 91.9 Å². The van der Waals surface area contributed by atoms with Crippen LogP contribution in [0.5, 0.6) is 0 Å². The quantitative estimate of drug-likeness (QED) is 0.326. The van der Waals surface area contributed by atoms with Gasteiger partial charge in [-0.1, -0.05) is 72.4 Å². The van der Waals surface area contributed by atoms with Gasteiger partial charge in [0.05, 0.1) is 18.5 Å². The number of rotatable bonds is 7. The van der Waals surface area contributed by atoms with E-state index in [0.717, 1.165) is 54.5 Å². The Balaban J connectivity index is 1.29. The number of aromatic nitrogens is 1. The molecule has 1 aromatic heterocycles. The molecule has 5 rings (SSSR count). The average Bonchev–Trinajstić information content (AvgIpc) is 3.34. The van der Waals surface area contributed by atoms with Crippen LogP contribution < -0.4 is 10.2 Å². The molecule has 4 aromatic rings. The van der Waals surface area contributed by atoms with Crippen molar-refractivity contribution in [2.75, 3.05) is 36.5 Å². The second kappa shape index (κ2) is 10.8. The summed E-state index contributed by atoms with van der Waals surface area (Å²) in [5, 5.41) is 3.08. The molecule has 1 saturated heterocycles. The Morgan fingerprint density at radius 2 is 1.54 bits per heavy atom. The van der Waals surface area contributed by atoms with Gasteiger partial charge in [0.2, 0.25) is 5.91 Å². The van der Waals surface area contributed by atoms with Crippen molar-refractivity contribution < 1.29 is 13.9 Å². The molecular formula is C28H27N3O3S. The van der Waals surface area contributed by atoms with Crippen molar-refractivity contribution in [3.8, 4) is 22.6 Å². The number of hydrogen-bond acceptors (Lipinski definition) is 6. The van der Waals surface area contributed by atoms with Gasteiger partial charge in [0.25, 0.3) is 5.22 Å². The molecule has 1 aliphatic rings. The minimum atomic E-state index is -0.389. The van der Waals surface area contributed by atoms with Crippen LogP contribution in [0.4, 0.5) is 11.4 Å². The van der Waals surface area contributed by atoms with E-state index in [1.54, 1.807) is 0 Å². The molecule has 0 radical (unpaired) electrons. The molecule has 178 valence electrons. The molecule has 2 heterocycles. The largest absolute Gasteiger partial charge is 0.431 e. The lowest BCUT2D eigenvalue weighted by molar-refractivity contribution is -0.115. The molecule has 0 unspecified atom stereocenters. The van der Waals surface area contributed by atoms with Crippen molar-refractivity contribution >= 4 is 29.0 Å². The molecule has 1 fully saturated rings. The molecular weight excluding hydrogens is 458 g/mol. The van der Waals surface area contributed by atoms with Crippen LogP contribution in [-0.2, 0) is 9.53 Å². The summed E-state index contributed by atoms with van der Waals surface area (Å²) in [4.78, 5) is 19.9. The number of benzene rings is 3. The average molecular weight is 486 g/mol. The third kappa shape index (κ3) is 5.58. The normalized spacial score (nSPS) is 14.5. The lowest BCUT2D eigenvalue weighted by atomic mass is 10.1. The monoisotopic (exact) mass is 485 g/mol. The van der Waals surface area contributed by atoms with Crippen LogP contribution in [0.2, 0.25) is 0 Å². The van der Waals surface area contributed by atoms with E-state index in [4.69, 9.17) is 14.1 Å². The number of morpholine rings is 1. The Labute approximate surface area is 209 Å². The molecule has 1 aliphatic heterocycles. The van der Waals surface area contributed by atoms with Crippen molar-refractivity contribution in [1.82, 2.24) is 4.98 Å². The fraction of sp³-hybridized carbons (Fsp3) is 0.214. The van der Waals surface area contributed by atoms with Crippen LogP contribution in [0.3, 0.4) is 0 Å². The van der Waals surface area contributed by atoms with Crippen LogP contribution in [0.25, 0.3) is 22.6 Å². The maximum Gasteiger partial charge on any atom is 0.257 e. The van der Waals surface area contributed by atoms with Crippen LogP contribution in [0, 0.1) is 0 Å². The summed E-state index contributed by atoms with van der Waals surface area (Å²) in [7, 11) is 0. The molecule has 6 nitrogen and oxygen atoms in total. The summed E-state index contributed by atoms with van der Waals surface area (Å²) >= 11 is 1.31. The van der Waals surface area contributed by atoms with Crippen LogP contribution in [0.15, 0.2) is 94.6 Å². The van der Waals surface area contributed by atoms with Crippen molar-refractivity contribution in [1.29, 1.82) is 0 Å². The molecule has 7 heteroatoms. The summed E-state index contributed by atoms with van der Waals surface area (Å²) in [5.41, 5.74) is 4.59. The topological polar surface area (TPSA) is 67.6 Å². The SMILES string of the molecule is C[C@@H](Sc1nc(-c2ccccc2)c(-c2ccccc2)o1)C(=O)Nc1ccc(N2CCOCC2)cc1. The highest BCUT2D eigenvalue weighted by atomic mass is 32.2. The van der Waals surface area contributed by atoms with E-state index in [9.17, 15) is 4.79 Å². The highest BCUT2D eigenvalue weighted by Crippen LogP contribution is 2.36. The Kier molecular flexibility index (Phi) is 7.16. The predicted octanol–water partition coefficient (Wildman–Crippen LogP) is 5.96. The second-order valence-corrected chi connectivity index (χ2v) is 9.58. The number of nitrogens with one attached hydrogen (secondary N) is 1. The highest BCUT2D eigenvalue weighted by molar-refractivity contribution is 8.00. The molecule has 1 N–H and O–H groups in total. The minimum Gasteiger partial charge on any atom is -0.431 e. The molecule has 0 aliphatic carbocycles. The Hall–Kier alpha value is -3.55. The van der Waals surface area contributed by atoms with E-state index < -0.39 is 0 Å². The van der Waals surface area contributed by atoms with E-state index in [-0.39, 0.29) is 11.2 Å². The van der Waals surface area contributed by atoms with E-state index in [2.05, 4.69) is 10.2 Å². The van der Waals surface area contributed by atoms with Crippen molar-refractivity contribution in [3.05, 3.63) is 84.9 Å². The lowest BCUT2D eigenvalue weighted by Crippen LogP contribution is -2.36. The first-order valence-corrected chi connectivity index (χ1v) is 12.6. The van der Waals surface area contributed by atoms with Gasteiger partial charge in [-0.2, -0.15) is 0 Å². The Morgan fingerprint density at radius 3 is 2.20 bits per heavy atom. The van der Waals surface area contributed by atoms with Gasteiger partial charge < -0.3 is 19.4 Å². The summed E-state index contributed by atoms with van der Waals surface area (Å²) in [5.74, 6) is 0.598. The fourth-order valence-corrected chi connectivity index (χ4v) is 4.70. The summed E-state index contributed by atoms with van der Waals surface area (Å²) in [6, 6.07) is 27.8. The van der Waals surface area contributed by atoms with Gasteiger partial charge in [-0.3, -0.25) is 4.79 Å². The first-order valence-electron chi connectivity index (χ1n) is 11.7. The number of anilines is 2. The number of carbonyl (C=O) groups is 1. The van der Waals surface area contributed by atoms with Crippen LogP contribution in [-0.4, -0.2) is 42.4 Å². The second-order valence-electron chi connectivity index (χ2n) is 8.29. The molecule has 0 bridgehead atoms. The molecule has 0 spiro atoms. The van der Waals surface area contributed by atoms with E-state index in [1.165, 1.54) is 11.8 Å². The minimum absolute atomic E-state index is 0.102. The van der Waals surface area contributed by atoms with E-state index in [0.29, 0.717) is 11.0 Å². The molecule has 0 saturated carbocycles. The zero-order valence-corrected chi connectivity index (χ0v) is 20.3. The van der Waals surface area contributed by atoms with E-state index >= 15 is 0 Å². The molecule has 3 aromatic carbocycles. The number of oxazole rings is 1. The van der Waals surface area contributed by atoms with Crippen LogP contribution in [0.1, 0.15) is 6.92 Å².